The van der Waals surface area contributed by atoms with Gasteiger partial charge in [0.05, 0.1) is 11.4 Å². The molecule has 158 valence electrons. The number of benzene rings is 2. The summed E-state index contributed by atoms with van der Waals surface area (Å²) in [5.41, 5.74) is 5.18. The number of amides is 1. The Kier molecular flexibility index (Phi) is 7.65. The number of nitrogens with zero attached hydrogens (tertiary/aromatic N) is 1. The van der Waals surface area contributed by atoms with Gasteiger partial charge in [-0.2, -0.15) is 4.31 Å². The summed E-state index contributed by atoms with van der Waals surface area (Å²) in [4.78, 5) is 13.0. The van der Waals surface area contributed by atoms with Gasteiger partial charge >= 0.3 is 0 Å². The molecule has 0 spiro atoms. The number of carbonyl (C=O) groups is 1. The molecule has 0 aliphatic rings. The lowest BCUT2D eigenvalue weighted by Crippen LogP contribution is -2.36. The van der Waals surface area contributed by atoms with Gasteiger partial charge in [-0.05, 0) is 68.0 Å². The van der Waals surface area contributed by atoms with E-state index < -0.39 is 10.0 Å². The van der Waals surface area contributed by atoms with Gasteiger partial charge in [0.15, 0.2) is 0 Å². The molecular formula is C22H29BrN2O3S. The van der Waals surface area contributed by atoms with Gasteiger partial charge in [-0.25, -0.2) is 8.42 Å². The number of nitrogens with one attached hydrogen (secondary N) is 1. The first-order valence-electron chi connectivity index (χ1n) is 9.66. The summed E-state index contributed by atoms with van der Waals surface area (Å²) < 4.78 is 28.3. The summed E-state index contributed by atoms with van der Waals surface area (Å²) in [6.45, 7) is 9.29. The number of halogens is 1. The highest BCUT2D eigenvalue weighted by molar-refractivity contribution is 9.10. The summed E-state index contributed by atoms with van der Waals surface area (Å²) in [7, 11) is -2.34. The maximum absolute atomic E-state index is 13.1. The predicted molar refractivity (Wildman–Crippen MR) is 122 cm³/mol. The van der Waals surface area contributed by atoms with Gasteiger partial charge in [-0.1, -0.05) is 47.5 Å². The second-order valence-electron chi connectivity index (χ2n) is 7.34. The number of carbonyl (C=O) groups excluding carboxylic acids is 1. The van der Waals surface area contributed by atoms with E-state index in [1.165, 1.54) is 7.05 Å². The molecule has 0 radical (unpaired) electrons. The third-order valence-electron chi connectivity index (χ3n) is 4.93. The third kappa shape index (κ3) is 5.27. The second kappa shape index (κ2) is 9.41. The van der Waals surface area contributed by atoms with Crippen molar-refractivity contribution in [1.82, 2.24) is 4.31 Å². The highest BCUT2D eigenvalue weighted by Gasteiger charge is 2.27. The maximum atomic E-state index is 13.1. The minimum Gasteiger partial charge on any atom is -0.324 e. The normalized spacial score (nSPS) is 11.7. The quantitative estimate of drug-likeness (QED) is 0.620. The Morgan fingerprint density at radius 1 is 1.00 bits per heavy atom. The molecule has 0 atom stereocenters. The molecule has 1 N–H and O–H groups in total. The van der Waals surface area contributed by atoms with Gasteiger partial charge in [0.25, 0.3) is 0 Å². The fraction of sp³-hybridized carbons (Fsp3) is 0.409. The SMILES string of the molecule is CCc1cc(Br)cc(CC)c1NC(=O)CN(C)S(=O)(=O)c1c(C)cc(C)cc1C. The fourth-order valence-corrected chi connectivity index (χ4v) is 5.72. The zero-order valence-electron chi connectivity index (χ0n) is 17.9. The van der Waals surface area contributed by atoms with Crippen LogP contribution in [-0.4, -0.2) is 32.2 Å². The summed E-state index contributed by atoms with van der Waals surface area (Å²) in [5.74, 6) is -0.356. The van der Waals surface area contributed by atoms with Gasteiger partial charge in [0.2, 0.25) is 15.9 Å². The molecule has 29 heavy (non-hydrogen) atoms. The molecule has 0 saturated heterocycles. The Morgan fingerprint density at radius 2 is 1.48 bits per heavy atom. The molecule has 0 aliphatic carbocycles. The van der Waals surface area contributed by atoms with Crippen LogP contribution in [0.4, 0.5) is 5.69 Å². The van der Waals surface area contributed by atoms with Crippen LogP contribution in [0.25, 0.3) is 0 Å². The first-order chi connectivity index (χ1) is 13.5. The van der Waals surface area contributed by atoms with Crippen molar-refractivity contribution in [1.29, 1.82) is 0 Å². The maximum Gasteiger partial charge on any atom is 0.243 e. The lowest BCUT2D eigenvalue weighted by atomic mass is 10.0. The van der Waals surface area contributed by atoms with Crippen molar-refractivity contribution in [2.24, 2.45) is 0 Å². The van der Waals surface area contributed by atoms with Crippen molar-refractivity contribution in [3.05, 3.63) is 56.6 Å². The van der Waals surface area contributed by atoms with Crippen molar-refractivity contribution < 1.29 is 13.2 Å². The monoisotopic (exact) mass is 480 g/mol. The summed E-state index contributed by atoms with van der Waals surface area (Å²) in [6, 6.07) is 7.65. The van der Waals surface area contributed by atoms with E-state index in [1.54, 1.807) is 13.8 Å². The highest BCUT2D eigenvalue weighted by atomic mass is 79.9. The van der Waals surface area contributed by atoms with Crippen molar-refractivity contribution in [3.8, 4) is 0 Å². The van der Waals surface area contributed by atoms with Gasteiger partial charge in [0, 0.05) is 17.2 Å². The molecule has 2 rings (SSSR count). The Labute approximate surface area is 182 Å². The number of likely N-dealkylation sites (N-methyl/N-ethyl adjacent to an activating group) is 1. The highest BCUT2D eigenvalue weighted by Crippen LogP contribution is 2.28. The molecule has 0 aliphatic heterocycles. The van der Waals surface area contributed by atoms with Crippen molar-refractivity contribution in [2.75, 3.05) is 18.9 Å². The summed E-state index contributed by atoms with van der Waals surface area (Å²) in [5, 5.41) is 2.94. The molecule has 2 aromatic carbocycles. The summed E-state index contributed by atoms with van der Waals surface area (Å²) >= 11 is 3.51. The number of hydrogen-bond donors (Lipinski definition) is 1. The van der Waals surface area contributed by atoms with Gasteiger partial charge in [-0.15, -0.1) is 0 Å². The topological polar surface area (TPSA) is 66.5 Å². The van der Waals surface area contributed by atoms with E-state index in [2.05, 4.69) is 21.2 Å². The van der Waals surface area contributed by atoms with Crippen LogP contribution in [0.5, 0.6) is 0 Å². The van der Waals surface area contributed by atoms with Crippen LogP contribution in [-0.2, 0) is 27.7 Å². The van der Waals surface area contributed by atoms with E-state index in [1.807, 2.05) is 45.0 Å². The smallest absolute Gasteiger partial charge is 0.243 e. The van der Waals surface area contributed by atoms with Crippen LogP contribution in [0.2, 0.25) is 0 Å². The van der Waals surface area contributed by atoms with Crippen molar-refractivity contribution in [3.63, 3.8) is 0 Å². The zero-order valence-corrected chi connectivity index (χ0v) is 20.3. The lowest BCUT2D eigenvalue weighted by molar-refractivity contribution is -0.116. The van der Waals surface area contributed by atoms with Crippen LogP contribution in [0.3, 0.4) is 0 Å². The average molecular weight is 481 g/mol. The van der Waals surface area contributed by atoms with Crippen LogP contribution < -0.4 is 5.32 Å². The summed E-state index contributed by atoms with van der Waals surface area (Å²) in [6.07, 6.45) is 1.52. The van der Waals surface area contributed by atoms with Crippen LogP contribution in [0.15, 0.2) is 33.6 Å². The third-order valence-corrected chi connectivity index (χ3v) is 7.50. The molecule has 1 amide bonds. The Bertz CT molecular complexity index is 984. The minimum absolute atomic E-state index is 0.253. The second-order valence-corrected chi connectivity index (χ2v) is 10.2. The Hall–Kier alpha value is -1.70. The fourth-order valence-electron chi connectivity index (χ4n) is 3.64. The van der Waals surface area contributed by atoms with Crippen molar-refractivity contribution in [2.45, 2.75) is 52.4 Å². The van der Waals surface area contributed by atoms with Crippen molar-refractivity contribution >= 4 is 37.5 Å². The standard InChI is InChI=1S/C22H29BrN2O3S/c1-7-17-11-19(23)12-18(8-2)21(17)24-20(26)13-25(6)29(27,28)22-15(4)9-14(3)10-16(22)5/h9-12H,7-8,13H2,1-6H3,(H,24,26). The average Bonchev–Trinajstić information content (AvgIpc) is 2.61. The first-order valence-corrected chi connectivity index (χ1v) is 11.9. The van der Waals surface area contributed by atoms with Crippen LogP contribution in [0, 0.1) is 20.8 Å². The number of rotatable bonds is 7. The lowest BCUT2D eigenvalue weighted by Gasteiger charge is -2.21. The van der Waals surface area contributed by atoms with Gasteiger partial charge in [0.1, 0.15) is 0 Å². The van der Waals surface area contributed by atoms with E-state index in [4.69, 9.17) is 0 Å². The first kappa shape index (κ1) is 23.6. The predicted octanol–water partition coefficient (Wildman–Crippen LogP) is 4.76. The van der Waals surface area contributed by atoms with E-state index in [-0.39, 0.29) is 17.3 Å². The van der Waals surface area contributed by atoms with Gasteiger partial charge < -0.3 is 5.32 Å². The van der Waals surface area contributed by atoms with Crippen LogP contribution in [0.1, 0.15) is 41.7 Å². The van der Waals surface area contributed by atoms with Crippen LogP contribution >= 0.6 is 15.9 Å². The van der Waals surface area contributed by atoms with Gasteiger partial charge in [-0.3, -0.25) is 4.79 Å². The molecule has 0 aromatic heterocycles. The molecule has 0 saturated carbocycles. The number of hydrogen-bond acceptors (Lipinski definition) is 3. The molecule has 5 nitrogen and oxygen atoms in total. The largest absolute Gasteiger partial charge is 0.324 e. The number of anilines is 1. The van der Waals surface area contributed by atoms with E-state index in [9.17, 15) is 13.2 Å². The molecule has 0 unspecified atom stereocenters. The molecule has 0 fully saturated rings. The molecule has 0 heterocycles. The van der Waals surface area contributed by atoms with E-state index >= 15 is 0 Å². The van der Waals surface area contributed by atoms with E-state index in [0.717, 1.165) is 44.0 Å². The zero-order chi connectivity index (χ0) is 21.9. The van der Waals surface area contributed by atoms with E-state index in [0.29, 0.717) is 11.1 Å². The minimum atomic E-state index is -3.78. The molecular weight excluding hydrogens is 452 g/mol. The number of aryl methyl sites for hydroxylation is 5. The molecule has 2 aromatic rings. The Morgan fingerprint density at radius 3 is 1.93 bits per heavy atom. The molecule has 0 bridgehead atoms. The number of sulfonamides is 1. The molecule has 7 heteroatoms. The Balaban J connectivity index is 2.28.